The largest absolute Gasteiger partial charge is 0.472 e. The maximum absolute atomic E-state index is 12.8. The molecule has 352 valence electrons. The van der Waals surface area contributed by atoms with Crippen LogP contribution in [0.15, 0.2) is 60.8 Å². The van der Waals surface area contributed by atoms with Crippen molar-refractivity contribution in [3.8, 4) is 0 Å². The number of ether oxygens (including phenoxy) is 2. The van der Waals surface area contributed by atoms with Crippen LogP contribution < -0.4 is 0 Å². The van der Waals surface area contributed by atoms with Crippen molar-refractivity contribution >= 4 is 19.8 Å². The van der Waals surface area contributed by atoms with Gasteiger partial charge in [0.25, 0.3) is 0 Å². The Morgan fingerprint density at radius 1 is 0.574 bits per heavy atom. The lowest BCUT2D eigenvalue weighted by molar-refractivity contribution is -0.220. The van der Waals surface area contributed by atoms with Gasteiger partial charge in [-0.25, -0.2) is 4.57 Å². The van der Waals surface area contributed by atoms with Crippen molar-refractivity contribution in [2.75, 3.05) is 13.2 Å². The molecule has 0 bridgehead atoms. The van der Waals surface area contributed by atoms with Gasteiger partial charge in [0.2, 0.25) is 0 Å². The Morgan fingerprint density at radius 2 is 1.08 bits per heavy atom. The first-order valence-electron chi connectivity index (χ1n) is 22.3. The Labute approximate surface area is 363 Å². The van der Waals surface area contributed by atoms with Crippen molar-refractivity contribution in [2.45, 2.75) is 197 Å². The number of carbonyl (C=O) groups is 2. The van der Waals surface area contributed by atoms with Crippen LogP contribution in [0.25, 0.3) is 0 Å². The van der Waals surface area contributed by atoms with Crippen LogP contribution in [0.4, 0.5) is 0 Å². The summed E-state index contributed by atoms with van der Waals surface area (Å²) in [6.45, 7) is 2.92. The second kappa shape index (κ2) is 34.9. The molecule has 1 rings (SSSR count). The molecule has 0 radical (unpaired) electrons. The number of aliphatic hydroxyl groups excluding tert-OH is 7. The zero-order valence-corrected chi connectivity index (χ0v) is 37.3. The minimum Gasteiger partial charge on any atom is -0.462 e. The number of phosphoric ester groups is 1. The van der Waals surface area contributed by atoms with Crippen LogP contribution in [0.2, 0.25) is 0 Å². The summed E-state index contributed by atoms with van der Waals surface area (Å²) >= 11 is 0. The predicted octanol–water partition coefficient (Wildman–Crippen LogP) is 6.11. The fraction of sp³-hybridized carbons (Fsp3) is 0.733. The molecule has 1 saturated carbocycles. The monoisotopic (exact) mass is 889 g/mol. The zero-order chi connectivity index (χ0) is 45.3. The summed E-state index contributed by atoms with van der Waals surface area (Å²) < 4.78 is 33.3. The van der Waals surface area contributed by atoms with E-state index in [9.17, 15) is 54.8 Å². The maximum Gasteiger partial charge on any atom is 0.472 e. The predicted molar refractivity (Wildman–Crippen MR) is 233 cm³/mol. The highest BCUT2D eigenvalue weighted by Crippen LogP contribution is 2.47. The summed E-state index contributed by atoms with van der Waals surface area (Å²) in [5, 5.41) is 70.9. The highest BCUT2D eigenvalue weighted by atomic mass is 31.2. The van der Waals surface area contributed by atoms with E-state index in [0.717, 1.165) is 64.2 Å². The van der Waals surface area contributed by atoms with E-state index >= 15 is 0 Å². The molecule has 0 aromatic rings. The number of aliphatic hydroxyl groups is 7. The summed E-state index contributed by atoms with van der Waals surface area (Å²) in [6, 6.07) is 0. The Bertz CT molecular complexity index is 1330. The quantitative estimate of drug-likeness (QED) is 0.0155. The Morgan fingerprint density at radius 3 is 1.69 bits per heavy atom. The summed E-state index contributed by atoms with van der Waals surface area (Å²) in [5.41, 5.74) is 0. The number of hydrogen-bond acceptors (Lipinski definition) is 14. The molecule has 15 nitrogen and oxygen atoms in total. The smallest absolute Gasteiger partial charge is 0.462 e. The van der Waals surface area contributed by atoms with E-state index in [1.807, 2.05) is 12.2 Å². The number of allylic oxidation sites excluding steroid dienone is 9. The van der Waals surface area contributed by atoms with Gasteiger partial charge in [0.05, 0.1) is 18.8 Å². The molecule has 1 aliphatic carbocycles. The molecule has 0 spiro atoms. The van der Waals surface area contributed by atoms with Gasteiger partial charge in [-0.1, -0.05) is 113 Å². The number of rotatable bonds is 35. The first kappa shape index (κ1) is 56.5. The number of phosphoric acid groups is 1. The molecule has 16 heteroatoms. The third kappa shape index (κ3) is 27.3. The van der Waals surface area contributed by atoms with Crippen molar-refractivity contribution in [1.82, 2.24) is 0 Å². The molecular formula is C45H77O15P. The van der Waals surface area contributed by atoms with Gasteiger partial charge in [-0.05, 0) is 77.0 Å². The number of hydrogen-bond donors (Lipinski definition) is 8. The minimum absolute atomic E-state index is 0.0658. The number of esters is 2. The summed E-state index contributed by atoms with van der Waals surface area (Å²) in [4.78, 5) is 35.7. The summed E-state index contributed by atoms with van der Waals surface area (Å²) in [5.74, 6) is -1.41. The van der Waals surface area contributed by atoms with Crippen molar-refractivity contribution in [3.05, 3.63) is 60.8 Å². The molecule has 0 aliphatic heterocycles. The molecular weight excluding hydrogens is 811 g/mol. The molecule has 0 amide bonds. The first-order chi connectivity index (χ1) is 29.2. The van der Waals surface area contributed by atoms with Crippen LogP contribution in [0.5, 0.6) is 0 Å². The van der Waals surface area contributed by atoms with E-state index in [-0.39, 0.29) is 32.1 Å². The van der Waals surface area contributed by atoms with Gasteiger partial charge >= 0.3 is 19.8 Å². The zero-order valence-electron chi connectivity index (χ0n) is 36.4. The molecule has 1 aliphatic rings. The third-order valence-corrected chi connectivity index (χ3v) is 11.0. The normalized spacial score (nSPS) is 23.6. The minimum atomic E-state index is -5.20. The molecule has 0 heterocycles. The van der Waals surface area contributed by atoms with Gasteiger partial charge in [0.1, 0.15) is 43.2 Å². The van der Waals surface area contributed by atoms with Crippen molar-refractivity contribution in [3.63, 3.8) is 0 Å². The van der Waals surface area contributed by atoms with Crippen molar-refractivity contribution < 1.29 is 73.3 Å². The van der Waals surface area contributed by atoms with Gasteiger partial charge in [0.15, 0.2) is 6.10 Å². The standard InChI is InChI=1S/C45H77O15P/c1-3-5-7-9-11-13-15-17-19-21-23-25-27-31-38(48)57-33-35(34-58-61(55,56)60-45-43(53)41(51)40(50)42(52)44(45)54)59-39(49)32-28-30-37(47)36(46)29-26-24-22-20-18-16-14-12-10-8-6-4-2/h7,9,12-15,18,20,24,26,35-37,40-47,50-54H,3-6,8,10-11,16-17,19,21-23,25,27-34H2,1-2H3,(H,55,56)/b9-7-,14-12-,15-13-,20-18-,26-24-/t35-,36?,37?,40?,41-,42+,43-,44-,45?/m1/s1. The van der Waals surface area contributed by atoms with Crippen LogP contribution in [0.3, 0.4) is 0 Å². The highest BCUT2D eigenvalue weighted by Gasteiger charge is 2.51. The molecule has 1 fully saturated rings. The molecule has 0 aromatic carbocycles. The van der Waals surface area contributed by atoms with E-state index in [2.05, 4.69) is 56.4 Å². The van der Waals surface area contributed by atoms with Gasteiger partial charge < -0.3 is 50.1 Å². The average molecular weight is 889 g/mol. The number of unbranched alkanes of at least 4 members (excludes halogenated alkanes) is 9. The molecule has 0 aromatic heterocycles. The lowest BCUT2D eigenvalue weighted by Crippen LogP contribution is -2.64. The fourth-order valence-corrected chi connectivity index (χ4v) is 7.22. The second-order valence-electron chi connectivity index (χ2n) is 15.5. The van der Waals surface area contributed by atoms with Crippen LogP contribution in [0, 0.1) is 0 Å². The fourth-order valence-electron chi connectivity index (χ4n) is 6.25. The van der Waals surface area contributed by atoms with Crippen LogP contribution in [0.1, 0.15) is 142 Å². The van der Waals surface area contributed by atoms with E-state index in [1.54, 1.807) is 6.08 Å². The van der Waals surface area contributed by atoms with Crippen LogP contribution in [-0.4, -0.2) is 121 Å². The third-order valence-electron chi connectivity index (χ3n) is 10.0. The van der Waals surface area contributed by atoms with E-state index < -0.39 is 87.9 Å². The van der Waals surface area contributed by atoms with Crippen molar-refractivity contribution in [2.24, 2.45) is 0 Å². The van der Waals surface area contributed by atoms with Gasteiger partial charge in [-0.3, -0.25) is 18.6 Å². The SMILES string of the molecule is CCC/C=C\C/C=C\CCCCCCCC(=O)OC[C@H](COP(=O)(O)OC1[C@H](O)[C@H](O)C(O)[C@H](O)[C@H]1O)OC(=O)CCCC(O)C(O)C/C=C\C/C=C\C/C=C\CCCCC. The first-order valence-corrected chi connectivity index (χ1v) is 23.8. The Hall–Kier alpha value is -2.53. The molecule has 0 saturated heterocycles. The topological polar surface area (TPSA) is 250 Å². The highest BCUT2D eigenvalue weighted by molar-refractivity contribution is 7.47. The summed E-state index contributed by atoms with van der Waals surface area (Å²) in [6.07, 6.45) is 20.0. The van der Waals surface area contributed by atoms with Gasteiger partial charge in [-0.2, -0.15) is 0 Å². The van der Waals surface area contributed by atoms with Gasteiger partial charge in [0, 0.05) is 12.8 Å². The maximum atomic E-state index is 12.8. The molecule has 10 atom stereocenters. The van der Waals surface area contributed by atoms with Crippen LogP contribution in [-0.2, 0) is 32.7 Å². The number of carbonyl (C=O) groups excluding carboxylic acids is 2. The molecule has 8 N–H and O–H groups in total. The van der Waals surface area contributed by atoms with Gasteiger partial charge in [-0.15, -0.1) is 0 Å². The van der Waals surface area contributed by atoms with Crippen molar-refractivity contribution in [1.29, 1.82) is 0 Å². The second-order valence-corrected chi connectivity index (χ2v) is 16.9. The Balaban J connectivity index is 2.62. The lowest BCUT2D eigenvalue weighted by Gasteiger charge is -2.41. The molecule has 61 heavy (non-hydrogen) atoms. The van der Waals surface area contributed by atoms with E-state index in [0.29, 0.717) is 12.8 Å². The van der Waals surface area contributed by atoms with E-state index in [4.69, 9.17) is 18.5 Å². The average Bonchev–Trinajstić information content (AvgIpc) is 3.23. The Kier molecular flexibility index (Phi) is 32.3. The van der Waals surface area contributed by atoms with E-state index in [1.165, 1.54) is 19.3 Å². The molecule has 5 unspecified atom stereocenters. The summed E-state index contributed by atoms with van der Waals surface area (Å²) in [7, 11) is -5.20. The van der Waals surface area contributed by atoms with Crippen LogP contribution >= 0.6 is 7.82 Å². The lowest BCUT2D eigenvalue weighted by atomic mass is 9.85.